The monoisotopic (exact) mass is 368 g/mol. The van der Waals surface area contributed by atoms with Crippen molar-refractivity contribution in [1.29, 1.82) is 5.26 Å². The molecule has 1 N–H and O–H groups in total. The molecule has 1 heterocycles. The zero-order valence-corrected chi connectivity index (χ0v) is 15.2. The summed E-state index contributed by atoms with van der Waals surface area (Å²) < 4.78 is 0. The van der Waals surface area contributed by atoms with Crippen LogP contribution in [0.4, 0.5) is 10.5 Å². The Kier molecular flexibility index (Phi) is 6.11. The minimum Gasteiger partial charge on any atom is -0.322 e. The normalized spacial score (nSPS) is 14.7. The maximum Gasteiger partial charge on any atom is 0.321 e. The van der Waals surface area contributed by atoms with Gasteiger partial charge in [0.25, 0.3) is 0 Å². The molecule has 0 radical (unpaired) electrons. The largest absolute Gasteiger partial charge is 0.322 e. The van der Waals surface area contributed by atoms with E-state index in [2.05, 4.69) is 28.4 Å². The number of anilines is 1. The summed E-state index contributed by atoms with van der Waals surface area (Å²) in [6, 6.07) is 16.8. The average molecular weight is 369 g/mol. The molecule has 0 bridgehead atoms. The van der Waals surface area contributed by atoms with Crippen molar-refractivity contribution in [2.24, 2.45) is 0 Å². The van der Waals surface area contributed by atoms with E-state index >= 15 is 0 Å². The van der Waals surface area contributed by atoms with Crippen LogP contribution < -0.4 is 5.32 Å². The number of carbonyl (C=O) groups is 1. The third-order valence-corrected chi connectivity index (χ3v) is 4.81. The van der Waals surface area contributed by atoms with E-state index in [0.29, 0.717) is 24.3 Å². The molecule has 3 rings (SSSR count). The Balaban J connectivity index is 1.43. The number of piperazine rings is 1. The topological polar surface area (TPSA) is 59.4 Å². The predicted molar refractivity (Wildman–Crippen MR) is 103 cm³/mol. The van der Waals surface area contributed by atoms with E-state index in [1.54, 1.807) is 24.3 Å². The number of halogens is 1. The molecule has 1 aliphatic heterocycles. The summed E-state index contributed by atoms with van der Waals surface area (Å²) in [6.07, 6.45) is 0.981. The van der Waals surface area contributed by atoms with Crippen LogP contribution in [-0.2, 0) is 6.42 Å². The zero-order valence-electron chi connectivity index (χ0n) is 14.5. The van der Waals surface area contributed by atoms with Crippen LogP contribution in [0, 0.1) is 11.3 Å². The van der Waals surface area contributed by atoms with Crippen LogP contribution in [0.1, 0.15) is 11.1 Å². The molecule has 0 spiro atoms. The standard InChI is InChI=1S/C20H21ClN4O/c21-18-5-1-16(2-6-18)9-10-24-11-13-25(14-12-24)20(26)23-19-7-3-17(15-22)4-8-19/h1-8H,9-14H2,(H,23,26). The summed E-state index contributed by atoms with van der Waals surface area (Å²) in [5, 5.41) is 12.5. The number of carbonyl (C=O) groups excluding carboxylic acids is 1. The second kappa shape index (κ2) is 8.70. The minimum absolute atomic E-state index is 0.0907. The van der Waals surface area contributed by atoms with Crippen molar-refractivity contribution in [3.05, 3.63) is 64.7 Å². The maximum absolute atomic E-state index is 12.4. The molecule has 1 aliphatic rings. The van der Waals surface area contributed by atoms with E-state index in [9.17, 15) is 4.79 Å². The first-order chi connectivity index (χ1) is 12.6. The highest BCUT2D eigenvalue weighted by Crippen LogP contribution is 2.13. The number of urea groups is 1. The number of hydrogen-bond acceptors (Lipinski definition) is 3. The van der Waals surface area contributed by atoms with E-state index in [4.69, 9.17) is 16.9 Å². The lowest BCUT2D eigenvalue weighted by atomic mass is 10.1. The van der Waals surface area contributed by atoms with Crippen molar-refractivity contribution in [2.45, 2.75) is 6.42 Å². The van der Waals surface area contributed by atoms with Crippen LogP contribution in [-0.4, -0.2) is 48.6 Å². The third-order valence-electron chi connectivity index (χ3n) is 4.55. The molecule has 2 amide bonds. The van der Waals surface area contributed by atoms with Crippen LogP contribution in [0.15, 0.2) is 48.5 Å². The van der Waals surface area contributed by atoms with Gasteiger partial charge in [0.05, 0.1) is 11.6 Å². The van der Waals surface area contributed by atoms with Gasteiger partial charge >= 0.3 is 6.03 Å². The number of nitrogens with one attached hydrogen (secondary N) is 1. The average Bonchev–Trinajstić information content (AvgIpc) is 2.68. The van der Waals surface area contributed by atoms with Crippen molar-refractivity contribution < 1.29 is 4.79 Å². The van der Waals surface area contributed by atoms with Gasteiger partial charge in [0.2, 0.25) is 0 Å². The highest BCUT2D eigenvalue weighted by atomic mass is 35.5. The number of benzene rings is 2. The van der Waals surface area contributed by atoms with E-state index in [0.717, 1.165) is 31.1 Å². The molecule has 0 atom stereocenters. The summed E-state index contributed by atoms with van der Waals surface area (Å²) in [4.78, 5) is 16.6. The summed E-state index contributed by atoms with van der Waals surface area (Å²) in [5.74, 6) is 0. The van der Waals surface area contributed by atoms with Gasteiger partial charge in [-0.25, -0.2) is 4.79 Å². The summed E-state index contributed by atoms with van der Waals surface area (Å²) >= 11 is 5.91. The van der Waals surface area contributed by atoms with Crippen LogP contribution >= 0.6 is 11.6 Å². The number of rotatable bonds is 4. The Morgan fingerprint density at radius 3 is 2.31 bits per heavy atom. The van der Waals surface area contributed by atoms with Gasteiger partial charge in [-0.05, 0) is 48.4 Å². The lowest BCUT2D eigenvalue weighted by molar-refractivity contribution is 0.148. The summed E-state index contributed by atoms with van der Waals surface area (Å²) in [6.45, 7) is 4.14. The van der Waals surface area contributed by atoms with Gasteiger partial charge < -0.3 is 10.2 Å². The van der Waals surface area contributed by atoms with Crippen molar-refractivity contribution in [3.63, 3.8) is 0 Å². The van der Waals surface area contributed by atoms with Crippen molar-refractivity contribution in [1.82, 2.24) is 9.80 Å². The van der Waals surface area contributed by atoms with Crippen molar-refractivity contribution >= 4 is 23.3 Å². The molecule has 0 aliphatic carbocycles. The SMILES string of the molecule is N#Cc1ccc(NC(=O)N2CCN(CCc3ccc(Cl)cc3)CC2)cc1. The zero-order chi connectivity index (χ0) is 18.4. The summed E-state index contributed by atoms with van der Waals surface area (Å²) in [5.41, 5.74) is 2.56. The fourth-order valence-corrected chi connectivity index (χ4v) is 3.07. The van der Waals surface area contributed by atoms with Gasteiger partial charge in [-0.1, -0.05) is 23.7 Å². The van der Waals surface area contributed by atoms with E-state index < -0.39 is 0 Å². The molecule has 0 saturated carbocycles. The van der Waals surface area contributed by atoms with Gasteiger partial charge in [-0.15, -0.1) is 0 Å². The number of amides is 2. The Hall–Kier alpha value is -2.55. The van der Waals surface area contributed by atoms with E-state index in [-0.39, 0.29) is 6.03 Å². The molecule has 134 valence electrons. The first-order valence-corrected chi connectivity index (χ1v) is 9.05. The Bertz CT molecular complexity index is 775. The van der Waals surface area contributed by atoms with Crippen LogP contribution in [0.25, 0.3) is 0 Å². The first kappa shape index (κ1) is 18.2. The molecular formula is C20H21ClN4O. The van der Waals surface area contributed by atoms with E-state index in [1.807, 2.05) is 17.0 Å². The van der Waals surface area contributed by atoms with Crippen molar-refractivity contribution in [3.8, 4) is 6.07 Å². The second-order valence-corrected chi connectivity index (χ2v) is 6.76. The molecule has 6 heteroatoms. The first-order valence-electron chi connectivity index (χ1n) is 8.67. The van der Waals surface area contributed by atoms with Crippen LogP contribution in [0.2, 0.25) is 5.02 Å². The number of hydrogen-bond donors (Lipinski definition) is 1. The third kappa shape index (κ3) is 4.98. The molecule has 1 fully saturated rings. The minimum atomic E-state index is -0.0907. The van der Waals surface area contributed by atoms with Gasteiger partial charge in [-0.3, -0.25) is 4.90 Å². The maximum atomic E-state index is 12.4. The molecule has 5 nitrogen and oxygen atoms in total. The Labute approximate surface area is 158 Å². The Morgan fingerprint density at radius 2 is 1.69 bits per heavy atom. The lowest BCUT2D eigenvalue weighted by Gasteiger charge is -2.34. The molecular weight excluding hydrogens is 348 g/mol. The molecule has 26 heavy (non-hydrogen) atoms. The van der Waals surface area contributed by atoms with Crippen LogP contribution in [0.5, 0.6) is 0 Å². The molecule has 0 unspecified atom stereocenters. The molecule has 2 aromatic rings. The lowest BCUT2D eigenvalue weighted by Crippen LogP contribution is -2.50. The predicted octanol–water partition coefficient (Wildman–Crippen LogP) is 3.60. The Morgan fingerprint density at radius 1 is 1.04 bits per heavy atom. The number of nitrogens with zero attached hydrogens (tertiary/aromatic N) is 3. The van der Waals surface area contributed by atoms with Gasteiger partial charge in [0.15, 0.2) is 0 Å². The fraction of sp³-hybridized carbons (Fsp3) is 0.300. The second-order valence-electron chi connectivity index (χ2n) is 6.32. The number of nitriles is 1. The van der Waals surface area contributed by atoms with Gasteiger partial charge in [-0.2, -0.15) is 5.26 Å². The quantitative estimate of drug-likeness (QED) is 0.896. The summed E-state index contributed by atoms with van der Waals surface area (Å²) in [7, 11) is 0. The molecule has 2 aromatic carbocycles. The van der Waals surface area contributed by atoms with Crippen LogP contribution in [0.3, 0.4) is 0 Å². The highest BCUT2D eigenvalue weighted by Gasteiger charge is 2.20. The van der Waals surface area contributed by atoms with E-state index in [1.165, 1.54) is 5.56 Å². The molecule has 1 saturated heterocycles. The molecule has 0 aromatic heterocycles. The fourth-order valence-electron chi connectivity index (χ4n) is 2.94. The van der Waals surface area contributed by atoms with Gasteiger partial charge in [0, 0.05) is 43.4 Å². The van der Waals surface area contributed by atoms with Gasteiger partial charge in [0.1, 0.15) is 0 Å². The van der Waals surface area contributed by atoms with Crippen molar-refractivity contribution in [2.75, 3.05) is 38.0 Å². The smallest absolute Gasteiger partial charge is 0.321 e. The highest BCUT2D eigenvalue weighted by molar-refractivity contribution is 6.30.